The fraction of sp³-hybridized carbons (Fsp3) is 0.0952. The second-order valence-electron chi connectivity index (χ2n) is 6.17. The third-order valence-corrected chi connectivity index (χ3v) is 5.13. The number of aromatic carboxylic acids is 1. The highest BCUT2D eigenvalue weighted by atomic mass is 35.5. The van der Waals surface area contributed by atoms with E-state index >= 15 is 0 Å². The monoisotopic (exact) mass is 384 g/mol. The third-order valence-electron chi connectivity index (χ3n) is 4.57. The number of rotatable bonds is 3. The Balaban J connectivity index is 1.77. The van der Waals surface area contributed by atoms with Crippen LogP contribution in [0.15, 0.2) is 60.7 Å². The summed E-state index contributed by atoms with van der Waals surface area (Å²) in [6.07, 6.45) is 0. The Kier molecular flexibility index (Phi) is 4.35. The van der Waals surface area contributed by atoms with Crippen LogP contribution in [0.1, 0.15) is 27.4 Å². The van der Waals surface area contributed by atoms with E-state index in [1.54, 1.807) is 24.3 Å². The van der Waals surface area contributed by atoms with E-state index in [0.717, 1.165) is 28.0 Å². The molecule has 3 aromatic rings. The highest BCUT2D eigenvalue weighted by molar-refractivity contribution is 6.35. The van der Waals surface area contributed by atoms with Crippen molar-refractivity contribution in [1.29, 1.82) is 0 Å². The van der Waals surface area contributed by atoms with E-state index < -0.39 is 5.97 Å². The van der Waals surface area contributed by atoms with Gasteiger partial charge in [0.1, 0.15) is 5.75 Å². The van der Waals surface area contributed by atoms with Crippen LogP contribution in [0, 0.1) is 0 Å². The number of ether oxygens (including phenoxy) is 1. The molecule has 0 aromatic heterocycles. The molecule has 0 radical (unpaired) electrons. The molecule has 0 bridgehead atoms. The van der Waals surface area contributed by atoms with Crippen LogP contribution in [-0.4, -0.2) is 17.7 Å². The first kappa shape index (κ1) is 17.0. The zero-order valence-electron chi connectivity index (χ0n) is 13.6. The summed E-state index contributed by atoms with van der Waals surface area (Å²) in [4.78, 5) is 11.2. The number of carboxylic acid groups (broad SMARTS) is 1. The van der Waals surface area contributed by atoms with Crippen molar-refractivity contribution >= 4 is 29.2 Å². The molecule has 26 heavy (non-hydrogen) atoms. The van der Waals surface area contributed by atoms with Gasteiger partial charge in [-0.3, -0.25) is 0 Å². The third kappa shape index (κ3) is 3.05. The van der Waals surface area contributed by atoms with Gasteiger partial charge in [0, 0.05) is 21.5 Å². The molecule has 1 atom stereocenters. The van der Waals surface area contributed by atoms with E-state index in [-0.39, 0.29) is 11.5 Å². The van der Waals surface area contributed by atoms with Crippen LogP contribution in [0.25, 0.3) is 11.1 Å². The van der Waals surface area contributed by atoms with E-state index in [1.165, 1.54) is 0 Å². The molecule has 0 amide bonds. The van der Waals surface area contributed by atoms with Crippen molar-refractivity contribution in [2.45, 2.75) is 5.92 Å². The normalized spacial score (nSPS) is 15.4. The van der Waals surface area contributed by atoms with Crippen LogP contribution in [0.3, 0.4) is 0 Å². The van der Waals surface area contributed by atoms with Gasteiger partial charge in [0.25, 0.3) is 0 Å². The number of fused-ring (bicyclic) bond motifs is 1. The molecule has 1 aliphatic rings. The molecule has 3 nitrogen and oxygen atoms in total. The van der Waals surface area contributed by atoms with Gasteiger partial charge in [0.05, 0.1) is 12.2 Å². The molecule has 130 valence electrons. The molecule has 1 unspecified atom stereocenters. The van der Waals surface area contributed by atoms with Gasteiger partial charge in [-0.25, -0.2) is 4.79 Å². The summed E-state index contributed by atoms with van der Waals surface area (Å²) < 4.78 is 5.82. The first-order valence-corrected chi connectivity index (χ1v) is 8.84. The lowest BCUT2D eigenvalue weighted by Crippen LogP contribution is -2.03. The van der Waals surface area contributed by atoms with Crippen molar-refractivity contribution in [3.05, 3.63) is 87.4 Å². The minimum absolute atomic E-state index is 0.0115. The van der Waals surface area contributed by atoms with Crippen LogP contribution in [0.4, 0.5) is 0 Å². The molecule has 1 heterocycles. The van der Waals surface area contributed by atoms with E-state index in [1.807, 2.05) is 36.4 Å². The zero-order chi connectivity index (χ0) is 18.3. The summed E-state index contributed by atoms with van der Waals surface area (Å²) in [6, 6.07) is 18.3. The van der Waals surface area contributed by atoms with Gasteiger partial charge in [-0.15, -0.1) is 0 Å². The summed E-state index contributed by atoms with van der Waals surface area (Å²) in [5.41, 5.74) is 4.04. The van der Waals surface area contributed by atoms with Crippen LogP contribution < -0.4 is 4.74 Å². The molecule has 3 aromatic carbocycles. The molecule has 0 spiro atoms. The summed E-state index contributed by atoms with van der Waals surface area (Å²) >= 11 is 12.4. The molecule has 0 saturated carbocycles. The first-order valence-electron chi connectivity index (χ1n) is 8.08. The summed E-state index contributed by atoms with van der Waals surface area (Å²) in [5, 5.41) is 10.4. The summed E-state index contributed by atoms with van der Waals surface area (Å²) in [6.45, 7) is 0.509. The van der Waals surface area contributed by atoms with Gasteiger partial charge in [-0.1, -0.05) is 47.5 Å². The van der Waals surface area contributed by atoms with Gasteiger partial charge >= 0.3 is 5.97 Å². The highest BCUT2D eigenvalue weighted by Gasteiger charge is 2.28. The van der Waals surface area contributed by atoms with Crippen molar-refractivity contribution in [2.24, 2.45) is 0 Å². The average molecular weight is 385 g/mol. The van der Waals surface area contributed by atoms with Gasteiger partial charge in [-0.2, -0.15) is 0 Å². The Morgan fingerprint density at radius 1 is 0.962 bits per heavy atom. The number of carboxylic acids is 1. The second kappa shape index (κ2) is 6.67. The average Bonchev–Trinajstić information content (AvgIpc) is 3.05. The highest BCUT2D eigenvalue weighted by Crippen LogP contribution is 2.42. The number of carbonyl (C=O) groups is 1. The number of hydrogen-bond acceptors (Lipinski definition) is 2. The predicted octanol–water partition coefficient (Wildman–Crippen LogP) is 5.88. The van der Waals surface area contributed by atoms with Crippen molar-refractivity contribution in [1.82, 2.24) is 0 Å². The molecule has 4 rings (SSSR count). The van der Waals surface area contributed by atoms with Gasteiger partial charge in [0.15, 0.2) is 0 Å². The van der Waals surface area contributed by atoms with E-state index in [2.05, 4.69) is 0 Å². The molecule has 0 aliphatic carbocycles. The van der Waals surface area contributed by atoms with E-state index in [0.29, 0.717) is 16.7 Å². The molecule has 1 N–H and O–H groups in total. The fourth-order valence-electron chi connectivity index (χ4n) is 3.27. The second-order valence-corrected chi connectivity index (χ2v) is 7.01. The molecule has 0 saturated heterocycles. The Hall–Kier alpha value is -2.49. The quantitative estimate of drug-likeness (QED) is 0.612. The minimum atomic E-state index is -0.942. The molecule has 1 aliphatic heterocycles. The van der Waals surface area contributed by atoms with E-state index in [4.69, 9.17) is 27.9 Å². The number of halogens is 2. The SMILES string of the molecule is O=C(O)c1cccc(-c2ccc3c(c2)C(c2ccc(Cl)cc2Cl)CO3)c1. The number of hydrogen-bond donors (Lipinski definition) is 1. The first-order chi connectivity index (χ1) is 12.5. The molecule has 5 heteroatoms. The number of benzene rings is 3. The van der Waals surface area contributed by atoms with Gasteiger partial charge < -0.3 is 9.84 Å². The van der Waals surface area contributed by atoms with Gasteiger partial charge in [-0.05, 0) is 53.1 Å². The maximum Gasteiger partial charge on any atom is 0.335 e. The summed E-state index contributed by atoms with van der Waals surface area (Å²) in [5.74, 6) is -0.112. The lowest BCUT2D eigenvalue weighted by molar-refractivity contribution is 0.0697. The largest absolute Gasteiger partial charge is 0.492 e. The van der Waals surface area contributed by atoms with Crippen LogP contribution in [0.5, 0.6) is 5.75 Å². The molecular formula is C21H14Cl2O3. The Labute approximate surface area is 160 Å². The fourth-order valence-corrected chi connectivity index (χ4v) is 3.81. The molecular weight excluding hydrogens is 371 g/mol. The van der Waals surface area contributed by atoms with Crippen LogP contribution in [0.2, 0.25) is 10.0 Å². The van der Waals surface area contributed by atoms with Crippen molar-refractivity contribution in [3.63, 3.8) is 0 Å². The van der Waals surface area contributed by atoms with Crippen LogP contribution >= 0.6 is 23.2 Å². The molecule has 0 fully saturated rings. The zero-order valence-corrected chi connectivity index (χ0v) is 15.1. The lowest BCUT2D eigenvalue weighted by Gasteiger charge is -2.13. The van der Waals surface area contributed by atoms with Gasteiger partial charge in [0.2, 0.25) is 0 Å². The standard InChI is InChI=1S/C21H14Cl2O3/c22-15-5-6-16(19(23)10-15)18-11-26-20-7-4-13(9-17(18)20)12-2-1-3-14(8-12)21(24)25/h1-10,18H,11H2,(H,24,25). The predicted molar refractivity (Wildman–Crippen MR) is 103 cm³/mol. The Morgan fingerprint density at radius 2 is 1.77 bits per heavy atom. The minimum Gasteiger partial charge on any atom is -0.492 e. The topological polar surface area (TPSA) is 46.5 Å². The maximum atomic E-state index is 11.2. The Bertz CT molecular complexity index is 1010. The van der Waals surface area contributed by atoms with Crippen molar-refractivity contribution < 1.29 is 14.6 Å². The van der Waals surface area contributed by atoms with Crippen LogP contribution in [-0.2, 0) is 0 Å². The lowest BCUT2D eigenvalue weighted by atomic mass is 9.90. The Morgan fingerprint density at radius 3 is 2.54 bits per heavy atom. The summed E-state index contributed by atoms with van der Waals surface area (Å²) in [7, 11) is 0. The smallest absolute Gasteiger partial charge is 0.335 e. The van der Waals surface area contributed by atoms with Crippen molar-refractivity contribution in [2.75, 3.05) is 6.61 Å². The van der Waals surface area contributed by atoms with Crippen molar-refractivity contribution in [3.8, 4) is 16.9 Å². The maximum absolute atomic E-state index is 11.2. The van der Waals surface area contributed by atoms with E-state index in [9.17, 15) is 9.90 Å².